The first-order valence-electron chi connectivity index (χ1n) is 7.61. The fourth-order valence-electron chi connectivity index (χ4n) is 2.33. The molecule has 1 aliphatic carbocycles. The van der Waals surface area contributed by atoms with Crippen LogP contribution < -0.4 is 10.6 Å². The van der Waals surface area contributed by atoms with E-state index in [0.29, 0.717) is 24.1 Å². The lowest BCUT2D eigenvalue weighted by Gasteiger charge is -2.15. The Bertz CT molecular complexity index is 798. The van der Waals surface area contributed by atoms with Crippen LogP contribution in [-0.2, 0) is 15.1 Å². The maximum Gasteiger partial charge on any atom is 0.325 e. The van der Waals surface area contributed by atoms with Crippen LogP contribution in [-0.4, -0.2) is 49.1 Å². The molecular formula is C15H16N6O4. The SMILES string of the molecule is CC(NC(=O)c1ccc(NC(=O)C2(n3cnnn3)CC2)cc1)C(=O)O. The lowest BCUT2D eigenvalue weighted by atomic mass is 10.1. The minimum atomic E-state index is -1.12. The predicted molar refractivity (Wildman–Crippen MR) is 84.7 cm³/mol. The topological polar surface area (TPSA) is 139 Å². The van der Waals surface area contributed by atoms with Crippen molar-refractivity contribution in [3.63, 3.8) is 0 Å². The summed E-state index contributed by atoms with van der Waals surface area (Å²) in [6.45, 7) is 1.38. The molecule has 1 unspecified atom stereocenters. The zero-order valence-corrected chi connectivity index (χ0v) is 13.3. The number of hydrogen-bond donors (Lipinski definition) is 3. The van der Waals surface area contributed by atoms with Gasteiger partial charge in [-0.15, -0.1) is 5.10 Å². The van der Waals surface area contributed by atoms with Gasteiger partial charge in [0.15, 0.2) is 0 Å². The molecule has 10 nitrogen and oxygen atoms in total. The summed E-state index contributed by atoms with van der Waals surface area (Å²) in [7, 11) is 0. The normalized spacial score (nSPS) is 15.9. The van der Waals surface area contributed by atoms with Crippen molar-refractivity contribution in [1.29, 1.82) is 0 Å². The minimum absolute atomic E-state index is 0.225. The third kappa shape index (κ3) is 3.32. The molecule has 1 aromatic heterocycles. The maximum absolute atomic E-state index is 12.5. The van der Waals surface area contributed by atoms with Crippen LogP contribution in [0.3, 0.4) is 0 Å². The summed E-state index contributed by atoms with van der Waals surface area (Å²) in [5, 5.41) is 24.8. The van der Waals surface area contributed by atoms with Crippen molar-refractivity contribution in [2.45, 2.75) is 31.3 Å². The first-order valence-corrected chi connectivity index (χ1v) is 7.61. The fraction of sp³-hybridized carbons (Fsp3) is 0.333. The van der Waals surface area contributed by atoms with Crippen molar-refractivity contribution in [2.24, 2.45) is 0 Å². The molecule has 0 bridgehead atoms. The largest absolute Gasteiger partial charge is 0.480 e. The van der Waals surface area contributed by atoms with E-state index in [4.69, 9.17) is 5.11 Å². The van der Waals surface area contributed by atoms with Crippen LogP contribution in [0.2, 0.25) is 0 Å². The number of carboxylic acid groups (broad SMARTS) is 1. The number of amides is 2. The summed E-state index contributed by atoms with van der Waals surface area (Å²) < 4.78 is 1.44. The summed E-state index contributed by atoms with van der Waals surface area (Å²) in [5.74, 6) is -1.84. The minimum Gasteiger partial charge on any atom is -0.480 e. The first kappa shape index (κ1) is 16.6. The van der Waals surface area contributed by atoms with Crippen molar-refractivity contribution < 1.29 is 19.5 Å². The highest BCUT2D eigenvalue weighted by Crippen LogP contribution is 2.43. The van der Waals surface area contributed by atoms with E-state index in [1.165, 1.54) is 30.1 Å². The van der Waals surface area contributed by atoms with Gasteiger partial charge in [-0.1, -0.05) is 0 Å². The highest BCUT2D eigenvalue weighted by atomic mass is 16.4. The average Bonchev–Trinajstić information content (AvgIpc) is 3.22. The standard InChI is InChI=1S/C15H16N6O4/c1-9(13(23)24)17-12(22)10-2-4-11(5-3-10)18-14(25)15(6-7-15)21-8-16-19-20-21/h2-5,8-9H,6-7H2,1H3,(H,17,22)(H,18,25)(H,23,24). The number of benzene rings is 1. The molecule has 0 radical (unpaired) electrons. The van der Waals surface area contributed by atoms with Crippen LogP contribution in [0.25, 0.3) is 0 Å². The quantitative estimate of drug-likeness (QED) is 0.670. The molecule has 0 saturated heterocycles. The fourth-order valence-corrected chi connectivity index (χ4v) is 2.33. The van der Waals surface area contributed by atoms with E-state index in [1.54, 1.807) is 12.1 Å². The molecule has 130 valence electrons. The molecule has 3 rings (SSSR count). The number of carbonyl (C=O) groups excluding carboxylic acids is 2. The molecule has 1 aliphatic rings. The van der Waals surface area contributed by atoms with E-state index in [1.807, 2.05) is 0 Å². The number of carbonyl (C=O) groups is 3. The number of tetrazole rings is 1. The van der Waals surface area contributed by atoms with Crippen molar-refractivity contribution in [3.05, 3.63) is 36.2 Å². The molecule has 1 aromatic carbocycles. The second-order valence-corrected chi connectivity index (χ2v) is 5.85. The number of aliphatic carboxylic acids is 1. The third-order valence-electron chi connectivity index (χ3n) is 4.06. The highest BCUT2D eigenvalue weighted by molar-refractivity contribution is 6.00. The summed E-state index contributed by atoms with van der Waals surface area (Å²) in [4.78, 5) is 35.2. The number of anilines is 1. The van der Waals surface area contributed by atoms with E-state index in [9.17, 15) is 14.4 Å². The van der Waals surface area contributed by atoms with Gasteiger partial charge in [0.05, 0.1) is 0 Å². The summed E-state index contributed by atoms with van der Waals surface area (Å²) >= 11 is 0. The molecule has 2 amide bonds. The molecular weight excluding hydrogens is 328 g/mol. The van der Waals surface area contributed by atoms with Gasteiger partial charge in [0.25, 0.3) is 11.8 Å². The van der Waals surface area contributed by atoms with Crippen molar-refractivity contribution in [1.82, 2.24) is 25.5 Å². The van der Waals surface area contributed by atoms with Crippen LogP contribution in [0.4, 0.5) is 5.69 Å². The smallest absolute Gasteiger partial charge is 0.325 e. The van der Waals surface area contributed by atoms with Crippen LogP contribution in [0.15, 0.2) is 30.6 Å². The number of rotatable bonds is 6. The number of carboxylic acids is 1. The van der Waals surface area contributed by atoms with E-state index in [2.05, 4.69) is 26.2 Å². The highest BCUT2D eigenvalue weighted by Gasteiger charge is 2.53. The molecule has 25 heavy (non-hydrogen) atoms. The van der Waals surface area contributed by atoms with Gasteiger partial charge in [-0.3, -0.25) is 14.4 Å². The summed E-state index contributed by atoms with van der Waals surface area (Å²) in [5.41, 5.74) is 0.0658. The van der Waals surface area contributed by atoms with Gasteiger partial charge in [0.2, 0.25) is 0 Å². The zero-order valence-electron chi connectivity index (χ0n) is 13.3. The van der Waals surface area contributed by atoms with Crippen LogP contribution in [0.5, 0.6) is 0 Å². The van der Waals surface area contributed by atoms with Crippen LogP contribution >= 0.6 is 0 Å². The molecule has 0 aliphatic heterocycles. The first-order chi connectivity index (χ1) is 11.9. The van der Waals surface area contributed by atoms with E-state index in [0.717, 1.165) is 0 Å². The number of hydrogen-bond acceptors (Lipinski definition) is 6. The molecule has 2 aromatic rings. The van der Waals surface area contributed by atoms with Crippen molar-refractivity contribution >= 4 is 23.5 Å². The third-order valence-corrected chi connectivity index (χ3v) is 4.06. The Hall–Kier alpha value is -3.30. The van der Waals surface area contributed by atoms with Crippen LogP contribution in [0.1, 0.15) is 30.1 Å². The molecule has 1 saturated carbocycles. The van der Waals surface area contributed by atoms with E-state index in [-0.39, 0.29) is 5.91 Å². The zero-order chi connectivity index (χ0) is 18.0. The second kappa shape index (κ2) is 6.30. The number of nitrogens with zero attached hydrogens (tertiary/aromatic N) is 4. The van der Waals surface area contributed by atoms with Gasteiger partial charge < -0.3 is 15.7 Å². The average molecular weight is 344 g/mol. The van der Waals surface area contributed by atoms with Crippen molar-refractivity contribution in [3.8, 4) is 0 Å². The molecule has 1 heterocycles. The summed E-state index contributed by atoms with van der Waals surface area (Å²) in [6, 6.07) is 5.19. The summed E-state index contributed by atoms with van der Waals surface area (Å²) in [6.07, 6.45) is 2.71. The lowest BCUT2D eigenvalue weighted by Crippen LogP contribution is -2.38. The van der Waals surface area contributed by atoms with E-state index >= 15 is 0 Å². The number of aromatic nitrogens is 4. The van der Waals surface area contributed by atoms with Crippen LogP contribution in [0, 0.1) is 0 Å². The Labute approximate surface area is 142 Å². The Morgan fingerprint density at radius 3 is 2.44 bits per heavy atom. The Kier molecular flexibility index (Phi) is 4.17. The molecule has 10 heteroatoms. The van der Waals surface area contributed by atoms with Gasteiger partial charge in [-0.05, 0) is 54.5 Å². The second-order valence-electron chi connectivity index (χ2n) is 5.85. The van der Waals surface area contributed by atoms with Crippen molar-refractivity contribution in [2.75, 3.05) is 5.32 Å². The molecule has 1 fully saturated rings. The van der Waals surface area contributed by atoms with Gasteiger partial charge in [-0.25, -0.2) is 4.68 Å². The van der Waals surface area contributed by atoms with Gasteiger partial charge in [0, 0.05) is 11.3 Å². The maximum atomic E-state index is 12.5. The Morgan fingerprint density at radius 2 is 1.92 bits per heavy atom. The Balaban J connectivity index is 1.64. The Morgan fingerprint density at radius 1 is 1.24 bits per heavy atom. The molecule has 3 N–H and O–H groups in total. The van der Waals surface area contributed by atoms with Gasteiger partial charge in [0.1, 0.15) is 17.9 Å². The lowest BCUT2D eigenvalue weighted by molar-refractivity contribution is -0.138. The van der Waals surface area contributed by atoms with E-state index < -0.39 is 23.5 Å². The predicted octanol–water partition coefficient (Wildman–Crippen LogP) is 0.00380. The van der Waals surface area contributed by atoms with Gasteiger partial charge in [-0.2, -0.15) is 0 Å². The molecule has 1 atom stereocenters. The molecule has 0 spiro atoms. The van der Waals surface area contributed by atoms with Gasteiger partial charge >= 0.3 is 5.97 Å². The monoisotopic (exact) mass is 344 g/mol. The number of nitrogens with one attached hydrogen (secondary N) is 2.